The van der Waals surface area contributed by atoms with E-state index < -0.39 is 16.0 Å². The van der Waals surface area contributed by atoms with E-state index in [9.17, 15) is 13.2 Å². The Hall–Kier alpha value is -2.19. The first-order valence-electron chi connectivity index (χ1n) is 6.17. The third-order valence-corrected chi connectivity index (χ3v) is 4.69. The van der Waals surface area contributed by atoms with Crippen molar-refractivity contribution in [1.29, 1.82) is 0 Å². The maximum atomic E-state index is 12.4. The summed E-state index contributed by atoms with van der Waals surface area (Å²) >= 11 is 0. The molecule has 0 aromatic carbocycles. The summed E-state index contributed by atoms with van der Waals surface area (Å²) in [5.41, 5.74) is -0.0666. The van der Waals surface area contributed by atoms with E-state index in [0.717, 1.165) is 6.20 Å². The summed E-state index contributed by atoms with van der Waals surface area (Å²) in [6, 6.07) is 5.75. The van der Waals surface area contributed by atoms with Crippen LogP contribution in [0.15, 0.2) is 46.2 Å². The van der Waals surface area contributed by atoms with Gasteiger partial charge in [-0.3, -0.25) is 0 Å². The number of rotatable bonds is 6. The predicted molar refractivity (Wildman–Crippen MR) is 73.2 cm³/mol. The number of hydrogen-bond acceptors (Lipinski definition) is 5. The lowest BCUT2D eigenvalue weighted by molar-refractivity contribution is 0.0696. The van der Waals surface area contributed by atoms with Gasteiger partial charge in [0.1, 0.15) is 5.76 Å². The van der Waals surface area contributed by atoms with Crippen LogP contribution in [-0.2, 0) is 16.6 Å². The summed E-state index contributed by atoms with van der Waals surface area (Å²) < 4.78 is 31.2. The first-order valence-corrected chi connectivity index (χ1v) is 7.61. The molecule has 2 heterocycles. The number of carbonyl (C=O) groups is 1. The summed E-state index contributed by atoms with van der Waals surface area (Å²) in [7, 11) is -3.80. The number of hydrogen-bond donors (Lipinski definition) is 1. The minimum atomic E-state index is -3.80. The minimum Gasteiger partial charge on any atom is -0.478 e. The summed E-state index contributed by atoms with van der Waals surface area (Å²) in [5, 5.41) is 8.60. The third-order valence-electron chi connectivity index (χ3n) is 2.85. The first kappa shape index (κ1) is 15.2. The van der Waals surface area contributed by atoms with Crippen molar-refractivity contribution in [2.75, 3.05) is 6.54 Å². The molecule has 0 atom stereocenters. The van der Waals surface area contributed by atoms with Gasteiger partial charge in [0, 0.05) is 12.7 Å². The quantitative estimate of drug-likeness (QED) is 0.869. The number of carboxylic acid groups (broad SMARTS) is 1. The molecule has 0 saturated carbocycles. The van der Waals surface area contributed by atoms with E-state index in [1.807, 2.05) is 0 Å². The van der Waals surface area contributed by atoms with Crippen LogP contribution in [0.3, 0.4) is 0 Å². The second kappa shape index (κ2) is 6.06. The van der Waals surface area contributed by atoms with E-state index in [1.54, 1.807) is 19.1 Å². The minimum absolute atomic E-state index is 0.0666. The molecule has 0 radical (unpaired) electrons. The van der Waals surface area contributed by atoms with Crippen LogP contribution in [0.4, 0.5) is 0 Å². The Morgan fingerprint density at radius 1 is 1.38 bits per heavy atom. The standard InChI is InChI=1S/C13H14N2O5S/c1-2-15(9-11-4-3-7-20-11)21(18,19)12-6-5-10(8-14-12)13(16)17/h3-8H,2,9H2,1H3,(H,16,17). The van der Waals surface area contributed by atoms with Gasteiger partial charge in [-0.05, 0) is 24.3 Å². The molecular weight excluding hydrogens is 296 g/mol. The van der Waals surface area contributed by atoms with Crippen LogP contribution in [0.2, 0.25) is 0 Å². The number of pyridine rings is 1. The first-order chi connectivity index (χ1) is 9.95. The maximum absolute atomic E-state index is 12.4. The topological polar surface area (TPSA) is 101 Å². The SMILES string of the molecule is CCN(Cc1ccco1)S(=O)(=O)c1ccc(C(=O)O)cn1. The van der Waals surface area contributed by atoms with Gasteiger partial charge in [0.15, 0.2) is 5.03 Å². The van der Waals surface area contributed by atoms with Gasteiger partial charge in [0.05, 0.1) is 18.4 Å². The van der Waals surface area contributed by atoms with Gasteiger partial charge in [-0.1, -0.05) is 6.92 Å². The van der Waals surface area contributed by atoms with Gasteiger partial charge in [-0.25, -0.2) is 18.2 Å². The zero-order chi connectivity index (χ0) is 15.5. The van der Waals surface area contributed by atoms with Gasteiger partial charge < -0.3 is 9.52 Å². The summed E-state index contributed by atoms with van der Waals surface area (Å²) in [6.45, 7) is 2.03. The Labute approximate surface area is 121 Å². The van der Waals surface area contributed by atoms with Gasteiger partial charge >= 0.3 is 5.97 Å². The van der Waals surface area contributed by atoms with Crippen LogP contribution in [0.25, 0.3) is 0 Å². The lowest BCUT2D eigenvalue weighted by Gasteiger charge is -2.18. The normalized spacial score (nSPS) is 11.7. The zero-order valence-corrected chi connectivity index (χ0v) is 12.1. The molecule has 0 saturated heterocycles. The van der Waals surface area contributed by atoms with Gasteiger partial charge in [0.2, 0.25) is 0 Å². The van der Waals surface area contributed by atoms with Crippen molar-refractivity contribution in [2.45, 2.75) is 18.5 Å². The molecule has 8 heteroatoms. The molecule has 0 unspecified atom stereocenters. The van der Waals surface area contributed by atoms with Crippen LogP contribution in [-0.4, -0.2) is 35.3 Å². The number of aromatic carboxylic acids is 1. The summed E-state index contributed by atoms with van der Waals surface area (Å²) in [6.07, 6.45) is 2.49. The van der Waals surface area contributed by atoms with Crippen molar-refractivity contribution < 1.29 is 22.7 Å². The highest BCUT2D eigenvalue weighted by Crippen LogP contribution is 2.17. The molecule has 2 aromatic rings. The Morgan fingerprint density at radius 3 is 2.62 bits per heavy atom. The molecule has 0 aliphatic carbocycles. The molecule has 0 fully saturated rings. The Balaban J connectivity index is 2.28. The van der Waals surface area contributed by atoms with Crippen molar-refractivity contribution in [3.8, 4) is 0 Å². The fourth-order valence-electron chi connectivity index (χ4n) is 1.73. The van der Waals surface area contributed by atoms with Crippen LogP contribution in [0, 0.1) is 0 Å². The van der Waals surface area contributed by atoms with Crippen molar-refractivity contribution in [1.82, 2.24) is 9.29 Å². The Bertz CT molecular complexity index is 708. The highest BCUT2D eigenvalue weighted by molar-refractivity contribution is 7.89. The van der Waals surface area contributed by atoms with E-state index in [-0.39, 0.29) is 23.7 Å². The molecule has 2 rings (SSSR count). The highest BCUT2D eigenvalue weighted by atomic mass is 32.2. The second-order valence-corrected chi connectivity index (χ2v) is 6.09. The average Bonchev–Trinajstić information content (AvgIpc) is 2.97. The maximum Gasteiger partial charge on any atom is 0.337 e. The Kier molecular flexibility index (Phi) is 4.39. The van der Waals surface area contributed by atoms with Gasteiger partial charge in [-0.2, -0.15) is 4.31 Å². The third kappa shape index (κ3) is 3.29. The van der Waals surface area contributed by atoms with E-state index in [1.165, 1.54) is 22.7 Å². The van der Waals surface area contributed by atoms with Crippen LogP contribution < -0.4 is 0 Å². The number of furan rings is 1. The van der Waals surface area contributed by atoms with Crippen molar-refractivity contribution in [3.63, 3.8) is 0 Å². The van der Waals surface area contributed by atoms with E-state index in [4.69, 9.17) is 9.52 Å². The van der Waals surface area contributed by atoms with E-state index in [2.05, 4.69) is 4.98 Å². The molecular formula is C13H14N2O5S. The molecule has 0 amide bonds. The van der Waals surface area contributed by atoms with E-state index >= 15 is 0 Å². The number of carboxylic acids is 1. The fourth-order valence-corrected chi connectivity index (χ4v) is 3.06. The number of nitrogens with zero attached hydrogens (tertiary/aromatic N) is 2. The zero-order valence-electron chi connectivity index (χ0n) is 11.3. The predicted octanol–water partition coefficient (Wildman–Crippen LogP) is 1.58. The summed E-state index contributed by atoms with van der Waals surface area (Å²) in [5.74, 6) is -0.642. The second-order valence-electron chi connectivity index (χ2n) is 4.20. The molecule has 0 spiro atoms. The van der Waals surface area contributed by atoms with Crippen molar-refractivity contribution >= 4 is 16.0 Å². The highest BCUT2D eigenvalue weighted by Gasteiger charge is 2.25. The number of sulfonamides is 1. The lowest BCUT2D eigenvalue weighted by Crippen LogP contribution is -2.31. The molecule has 112 valence electrons. The van der Waals surface area contributed by atoms with Crippen molar-refractivity contribution in [2.24, 2.45) is 0 Å². The van der Waals surface area contributed by atoms with Gasteiger partial charge in [0.25, 0.3) is 10.0 Å². The van der Waals surface area contributed by atoms with Crippen LogP contribution >= 0.6 is 0 Å². The molecule has 0 bridgehead atoms. The molecule has 7 nitrogen and oxygen atoms in total. The smallest absolute Gasteiger partial charge is 0.337 e. The van der Waals surface area contributed by atoms with Crippen molar-refractivity contribution in [3.05, 3.63) is 48.0 Å². The Morgan fingerprint density at radius 2 is 2.14 bits per heavy atom. The molecule has 0 aliphatic rings. The molecule has 0 aliphatic heterocycles. The summed E-state index contributed by atoms with van der Waals surface area (Å²) in [4.78, 5) is 14.5. The fraction of sp³-hybridized carbons (Fsp3) is 0.231. The molecule has 2 aromatic heterocycles. The monoisotopic (exact) mass is 310 g/mol. The largest absolute Gasteiger partial charge is 0.478 e. The van der Waals surface area contributed by atoms with Gasteiger partial charge in [-0.15, -0.1) is 0 Å². The van der Waals surface area contributed by atoms with Crippen LogP contribution in [0.5, 0.6) is 0 Å². The lowest BCUT2D eigenvalue weighted by atomic mass is 10.3. The van der Waals surface area contributed by atoms with E-state index in [0.29, 0.717) is 5.76 Å². The molecule has 21 heavy (non-hydrogen) atoms. The van der Waals surface area contributed by atoms with Crippen LogP contribution in [0.1, 0.15) is 23.0 Å². The average molecular weight is 310 g/mol. The molecule has 1 N–H and O–H groups in total. The number of aromatic nitrogens is 1.